The molecule has 0 heterocycles. The van der Waals surface area contributed by atoms with Crippen LogP contribution < -0.4 is 10.6 Å². The first kappa shape index (κ1) is 15.2. The Morgan fingerprint density at radius 2 is 1.71 bits per heavy atom. The highest BCUT2D eigenvalue weighted by molar-refractivity contribution is 9.10. The molecule has 21 heavy (non-hydrogen) atoms. The lowest BCUT2D eigenvalue weighted by Crippen LogP contribution is -2.21. The topological polar surface area (TPSA) is 58.2 Å². The molecule has 2 aromatic carbocycles. The van der Waals surface area contributed by atoms with Gasteiger partial charge in [-0.2, -0.15) is 0 Å². The number of anilines is 2. The molecule has 0 fully saturated rings. The zero-order valence-corrected chi connectivity index (χ0v) is 12.5. The van der Waals surface area contributed by atoms with E-state index in [1.165, 1.54) is 18.2 Å². The van der Waals surface area contributed by atoms with E-state index < -0.39 is 17.6 Å². The van der Waals surface area contributed by atoms with Gasteiger partial charge in [0.15, 0.2) is 0 Å². The van der Waals surface area contributed by atoms with Gasteiger partial charge in [0.2, 0.25) is 11.8 Å². The molecule has 0 spiro atoms. The van der Waals surface area contributed by atoms with E-state index in [4.69, 9.17) is 0 Å². The second-order valence-electron chi connectivity index (χ2n) is 4.26. The summed E-state index contributed by atoms with van der Waals surface area (Å²) in [5, 5.41) is 4.94. The number of hydrogen-bond acceptors (Lipinski definition) is 2. The van der Waals surface area contributed by atoms with Gasteiger partial charge in [-0.25, -0.2) is 4.39 Å². The van der Waals surface area contributed by atoms with Gasteiger partial charge in [0.1, 0.15) is 12.2 Å². The molecule has 0 aromatic heterocycles. The van der Waals surface area contributed by atoms with Crippen molar-refractivity contribution in [2.45, 2.75) is 6.42 Å². The highest BCUT2D eigenvalue weighted by Gasteiger charge is 2.11. The molecule has 4 nitrogen and oxygen atoms in total. The van der Waals surface area contributed by atoms with Crippen molar-refractivity contribution in [3.8, 4) is 0 Å². The quantitative estimate of drug-likeness (QED) is 0.828. The summed E-state index contributed by atoms with van der Waals surface area (Å²) in [6, 6.07) is 12.8. The molecule has 0 aliphatic rings. The van der Waals surface area contributed by atoms with Gasteiger partial charge in [-0.05, 0) is 30.3 Å². The van der Waals surface area contributed by atoms with Crippen LogP contribution in [0.1, 0.15) is 6.42 Å². The second-order valence-corrected chi connectivity index (χ2v) is 5.18. The summed E-state index contributed by atoms with van der Waals surface area (Å²) in [5.74, 6) is -1.59. The van der Waals surface area contributed by atoms with E-state index in [2.05, 4.69) is 26.6 Å². The van der Waals surface area contributed by atoms with E-state index in [0.29, 0.717) is 5.69 Å². The first-order valence-electron chi connectivity index (χ1n) is 6.14. The van der Waals surface area contributed by atoms with E-state index in [1.807, 2.05) is 6.07 Å². The van der Waals surface area contributed by atoms with Gasteiger partial charge in [-0.1, -0.05) is 34.1 Å². The molecule has 2 amide bonds. The first-order chi connectivity index (χ1) is 10.0. The summed E-state index contributed by atoms with van der Waals surface area (Å²) in [4.78, 5) is 23.4. The highest BCUT2D eigenvalue weighted by Crippen LogP contribution is 2.16. The number of rotatable bonds is 4. The fourth-order valence-corrected chi connectivity index (χ4v) is 2.07. The number of carbonyl (C=O) groups excluding carboxylic acids is 2. The van der Waals surface area contributed by atoms with E-state index in [9.17, 15) is 14.0 Å². The molecule has 6 heteroatoms. The third kappa shape index (κ3) is 4.68. The van der Waals surface area contributed by atoms with Gasteiger partial charge in [-0.3, -0.25) is 9.59 Å². The van der Waals surface area contributed by atoms with Gasteiger partial charge in [-0.15, -0.1) is 0 Å². The largest absolute Gasteiger partial charge is 0.326 e. The van der Waals surface area contributed by atoms with Crippen LogP contribution in [0.5, 0.6) is 0 Å². The standard InChI is InChI=1S/C15H12BrFN2O2/c16-10-4-3-5-11(8-10)18-14(20)9-15(21)19-13-7-2-1-6-12(13)17/h1-8H,9H2,(H,18,20)(H,19,21). The fourth-order valence-electron chi connectivity index (χ4n) is 1.67. The zero-order chi connectivity index (χ0) is 15.2. The number of hydrogen-bond donors (Lipinski definition) is 2. The maximum absolute atomic E-state index is 13.4. The Bertz CT molecular complexity index is 676. The molecule has 2 rings (SSSR count). The lowest BCUT2D eigenvalue weighted by Gasteiger charge is -2.07. The Morgan fingerprint density at radius 3 is 2.43 bits per heavy atom. The Kier molecular flexibility index (Phi) is 5.05. The van der Waals surface area contributed by atoms with Crippen molar-refractivity contribution in [2.75, 3.05) is 10.6 Å². The lowest BCUT2D eigenvalue weighted by molar-refractivity contribution is -0.123. The first-order valence-corrected chi connectivity index (χ1v) is 6.94. The van der Waals surface area contributed by atoms with Crippen LogP contribution >= 0.6 is 15.9 Å². The maximum Gasteiger partial charge on any atom is 0.233 e. The zero-order valence-electron chi connectivity index (χ0n) is 10.9. The van der Waals surface area contributed by atoms with Crippen LogP contribution in [0.2, 0.25) is 0 Å². The van der Waals surface area contributed by atoms with Crippen LogP contribution in [0.15, 0.2) is 53.0 Å². The summed E-state index contributed by atoms with van der Waals surface area (Å²) < 4.78 is 14.2. The third-order valence-electron chi connectivity index (χ3n) is 2.58. The average molecular weight is 351 g/mol. The van der Waals surface area contributed by atoms with Gasteiger partial charge < -0.3 is 10.6 Å². The van der Waals surface area contributed by atoms with Crippen molar-refractivity contribution in [2.24, 2.45) is 0 Å². The van der Waals surface area contributed by atoms with Gasteiger partial charge in [0, 0.05) is 10.2 Å². The van der Waals surface area contributed by atoms with Crippen LogP contribution in [0.4, 0.5) is 15.8 Å². The summed E-state index contributed by atoms with van der Waals surface area (Å²) in [7, 11) is 0. The lowest BCUT2D eigenvalue weighted by atomic mass is 10.2. The van der Waals surface area contributed by atoms with Crippen LogP contribution in [-0.2, 0) is 9.59 Å². The molecule has 2 aromatic rings. The summed E-state index contributed by atoms with van der Waals surface area (Å²) in [5.41, 5.74) is 0.630. The predicted molar refractivity (Wildman–Crippen MR) is 82.4 cm³/mol. The molecule has 0 radical (unpaired) electrons. The molecule has 0 saturated heterocycles. The van der Waals surface area contributed by atoms with Gasteiger partial charge in [0.05, 0.1) is 5.69 Å². The molecule has 108 valence electrons. The van der Waals surface area contributed by atoms with E-state index >= 15 is 0 Å². The number of para-hydroxylation sites is 1. The number of halogens is 2. The Balaban J connectivity index is 1.91. The Morgan fingerprint density at radius 1 is 1.00 bits per heavy atom. The second kappa shape index (κ2) is 6.99. The monoisotopic (exact) mass is 350 g/mol. The summed E-state index contributed by atoms with van der Waals surface area (Å²) >= 11 is 3.28. The van der Waals surface area contributed by atoms with E-state index in [1.54, 1.807) is 24.3 Å². The molecular formula is C15H12BrFN2O2. The van der Waals surface area contributed by atoms with E-state index in [0.717, 1.165) is 4.47 Å². The third-order valence-corrected chi connectivity index (χ3v) is 3.07. The molecule has 0 saturated carbocycles. The normalized spacial score (nSPS) is 10.0. The summed E-state index contributed by atoms with van der Waals surface area (Å²) in [6.07, 6.45) is -0.388. The minimum absolute atomic E-state index is 0.0535. The van der Waals surface area contributed by atoms with Crippen LogP contribution in [0, 0.1) is 5.82 Å². The number of amides is 2. The maximum atomic E-state index is 13.4. The Hall–Kier alpha value is -2.21. The van der Waals surface area contributed by atoms with Crippen LogP contribution in [0.25, 0.3) is 0 Å². The van der Waals surface area contributed by atoms with Crippen molar-refractivity contribution >= 4 is 39.1 Å². The van der Waals surface area contributed by atoms with Gasteiger partial charge in [0.25, 0.3) is 0 Å². The number of nitrogens with one attached hydrogen (secondary N) is 2. The average Bonchev–Trinajstić information content (AvgIpc) is 2.41. The summed E-state index contributed by atoms with van der Waals surface area (Å²) in [6.45, 7) is 0. The minimum atomic E-state index is -0.576. The van der Waals surface area contributed by atoms with Crippen molar-refractivity contribution in [3.63, 3.8) is 0 Å². The van der Waals surface area contributed by atoms with Crippen LogP contribution in [-0.4, -0.2) is 11.8 Å². The highest BCUT2D eigenvalue weighted by atomic mass is 79.9. The molecule has 0 bridgehead atoms. The van der Waals surface area contributed by atoms with Crippen molar-refractivity contribution in [3.05, 3.63) is 58.8 Å². The Labute approximate surface area is 129 Å². The van der Waals surface area contributed by atoms with Crippen molar-refractivity contribution in [1.29, 1.82) is 0 Å². The molecule has 2 N–H and O–H groups in total. The predicted octanol–water partition coefficient (Wildman–Crippen LogP) is 3.56. The SMILES string of the molecule is O=C(CC(=O)Nc1ccccc1F)Nc1cccc(Br)c1. The molecule has 0 aliphatic heterocycles. The van der Waals surface area contributed by atoms with E-state index in [-0.39, 0.29) is 12.1 Å². The smallest absolute Gasteiger partial charge is 0.233 e. The van der Waals surface area contributed by atoms with Crippen LogP contribution in [0.3, 0.4) is 0 Å². The van der Waals surface area contributed by atoms with Crippen molar-refractivity contribution < 1.29 is 14.0 Å². The van der Waals surface area contributed by atoms with Crippen molar-refractivity contribution in [1.82, 2.24) is 0 Å². The minimum Gasteiger partial charge on any atom is -0.326 e. The molecule has 0 atom stereocenters. The molecular weight excluding hydrogens is 339 g/mol. The number of benzene rings is 2. The number of carbonyl (C=O) groups is 2. The molecule has 0 aliphatic carbocycles. The fraction of sp³-hybridized carbons (Fsp3) is 0.0667. The molecule has 0 unspecified atom stereocenters. The van der Waals surface area contributed by atoms with Gasteiger partial charge >= 0.3 is 0 Å².